The van der Waals surface area contributed by atoms with Gasteiger partial charge in [0.15, 0.2) is 0 Å². The van der Waals surface area contributed by atoms with Crippen LogP contribution in [0.4, 0.5) is 39.5 Å². The molecule has 12 heteroatoms. The zero-order chi connectivity index (χ0) is 26.2. The van der Waals surface area contributed by atoms with E-state index < -0.39 is 65.3 Å². The molecule has 3 rings (SSSR count). The molecular weight excluding hydrogens is 493 g/mol. The normalized spacial score (nSPS) is 20.1. The van der Waals surface area contributed by atoms with Gasteiger partial charge in [0, 0.05) is 19.0 Å². The second-order valence-electron chi connectivity index (χ2n) is 8.43. The van der Waals surface area contributed by atoms with Crippen LogP contribution >= 0.6 is 0 Å². The number of carboxylic acid groups (broad SMARTS) is 1. The minimum absolute atomic E-state index is 0.0949. The Hall–Kier alpha value is -2.76. The van der Waals surface area contributed by atoms with Crippen LogP contribution in [-0.4, -0.2) is 22.5 Å². The highest BCUT2D eigenvalue weighted by molar-refractivity contribution is 5.67. The lowest BCUT2D eigenvalue weighted by molar-refractivity contribution is -0.142. The number of aliphatic carboxylic acids is 1. The van der Waals surface area contributed by atoms with Gasteiger partial charge in [0.25, 0.3) is 0 Å². The number of rotatable bonds is 5. The molecule has 1 aliphatic heterocycles. The van der Waals surface area contributed by atoms with Crippen molar-refractivity contribution in [1.82, 2.24) is 4.90 Å². The first-order valence-electron chi connectivity index (χ1n) is 10.5. The third kappa shape index (κ3) is 6.47. The fraction of sp³-hybridized carbons (Fsp3) is 0.435. The van der Waals surface area contributed by atoms with Crippen molar-refractivity contribution in [2.24, 2.45) is 5.92 Å². The Kier molecular flexibility index (Phi) is 7.45. The molecule has 0 bridgehead atoms. The minimum Gasteiger partial charge on any atom is -0.481 e. The molecule has 2 atom stereocenters. The molecular formula is C23H20F9NO2. The quantitative estimate of drug-likeness (QED) is 0.431. The molecule has 0 spiro atoms. The van der Waals surface area contributed by atoms with Crippen molar-refractivity contribution in [2.75, 3.05) is 6.54 Å². The number of piperidine rings is 1. The average Bonchev–Trinajstić information content (AvgIpc) is 2.72. The van der Waals surface area contributed by atoms with Gasteiger partial charge in [-0.3, -0.25) is 9.69 Å². The molecule has 2 aromatic carbocycles. The lowest BCUT2D eigenvalue weighted by Crippen LogP contribution is -2.38. The third-order valence-corrected chi connectivity index (χ3v) is 6.02. The summed E-state index contributed by atoms with van der Waals surface area (Å²) in [5.74, 6) is -1.73. The maximum absolute atomic E-state index is 13.7. The molecule has 0 radical (unpaired) electrons. The minimum atomic E-state index is -4.99. The summed E-state index contributed by atoms with van der Waals surface area (Å²) in [6.07, 6.45) is -15.0. The molecule has 192 valence electrons. The largest absolute Gasteiger partial charge is 0.481 e. The number of nitrogens with zero attached hydrogens (tertiary/aromatic N) is 1. The summed E-state index contributed by atoms with van der Waals surface area (Å²) >= 11 is 0. The molecule has 1 aliphatic rings. The maximum Gasteiger partial charge on any atom is 0.416 e. The third-order valence-electron chi connectivity index (χ3n) is 6.02. The van der Waals surface area contributed by atoms with Crippen LogP contribution in [0.1, 0.15) is 53.1 Å². The monoisotopic (exact) mass is 513 g/mol. The van der Waals surface area contributed by atoms with Gasteiger partial charge in [0.1, 0.15) is 0 Å². The van der Waals surface area contributed by atoms with E-state index in [2.05, 4.69) is 0 Å². The SMILES string of the molecule is O=C(O)C[C@@H]1CCN(Cc2cc(C(F)(F)F)ccc2C(F)(F)F)[C@H](c2ccccc2C(F)(F)F)C1. The molecule has 0 unspecified atom stereocenters. The predicted octanol–water partition coefficient (Wildman–Crippen LogP) is 7.17. The van der Waals surface area contributed by atoms with E-state index in [1.54, 1.807) is 0 Å². The Morgan fingerprint density at radius 1 is 0.886 bits per heavy atom. The van der Waals surface area contributed by atoms with Crippen molar-refractivity contribution < 1.29 is 49.4 Å². The van der Waals surface area contributed by atoms with Crippen molar-refractivity contribution >= 4 is 5.97 Å². The first-order chi connectivity index (χ1) is 16.1. The van der Waals surface area contributed by atoms with Crippen LogP contribution in [0.5, 0.6) is 0 Å². The van der Waals surface area contributed by atoms with Crippen molar-refractivity contribution in [3.63, 3.8) is 0 Å². The number of benzene rings is 2. The van der Waals surface area contributed by atoms with Gasteiger partial charge < -0.3 is 5.11 Å². The second-order valence-corrected chi connectivity index (χ2v) is 8.43. The second kappa shape index (κ2) is 9.71. The van der Waals surface area contributed by atoms with Gasteiger partial charge >= 0.3 is 24.5 Å². The van der Waals surface area contributed by atoms with Crippen LogP contribution in [0.15, 0.2) is 42.5 Å². The predicted molar refractivity (Wildman–Crippen MR) is 106 cm³/mol. The molecule has 3 nitrogen and oxygen atoms in total. The van der Waals surface area contributed by atoms with Crippen molar-refractivity contribution in [3.8, 4) is 0 Å². The van der Waals surface area contributed by atoms with E-state index in [0.717, 1.165) is 18.2 Å². The van der Waals surface area contributed by atoms with E-state index in [1.807, 2.05) is 0 Å². The first kappa shape index (κ1) is 26.8. The van der Waals surface area contributed by atoms with E-state index in [4.69, 9.17) is 5.11 Å². The lowest BCUT2D eigenvalue weighted by atomic mass is 9.83. The zero-order valence-electron chi connectivity index (χ0n) is 17.9. The molecule has 1 saturated heterocycles. The number of alkyl halides is 9. The fourth-order valence-electron chi connectivity index (χ4n) is 4.47. The van der Waals surface area contributed by atoms with Crippen LogP contribution in [-0.2, 0) is 29.9 Å². The van der Waals surface area contributed by atoms with Gasteiger partial charge in [-0.15, -0.1) is 0 Å². The average molecular weight is 513 g/mol. The van der Waals surface area contributed by atoms with Crippen molar-refractivity contribution in [2.45, 2.75) is 50.4 Å². The Labute approximate surface area is 194 Å². The van der Waals surface area contributed by atoms with Gasteiger partial charge in [-0.1, -0.05) is 18.2 Å². The number of hydrogen-bond donors (Lipinski definition) is 1. The summed E-state index contributed by atoms with van der Waals surface area (Å²) in [5.41, 5.74) is -4.66. The van der Waals surface area contributed by atoms with Gasteiger partial charge in [-0.2, -0.15) is 39.5 Å². The van der Waals surface area contributed by atoms with Crippen LogP contribution < -0.4 is 0 Å². The lowest BCUT2D eigenvalue weighted by Gasteiger charge is -2.41. The molecule has 1 fully saturated rings. The van der Waals surface area contributed by atoms with E-state index in [1.165, 1.54) is 11.0 Å². The molecule has 1 N–H and O–H groups in total. The van der Waals surface area contributed by atoms with E-state index in [9.17, 15) is 44.3 Å². The van der Waals surface area contributed by atoms with Crippen LogP contribution in [0, 0.1) is 5.92 Å². The van der Waals surface area contributed by atoms with E-state index in [0.29, 0.717) is 18.2 Å². The molecule has 0 saturated carbocycles. The highest BCUT2D eigenvalue weighted by Crippen LogP contribution is 2.44. The van der Waals surface area contributed by atoms with Crippen LogP contribution in [0.3, 0.4) is 0 Å². The number of carbonyl (C=O) groups is 1. The van der Waals surface area contributed by atoms with Crippen LogP contribution in [0.25, 0.3) is 0 Å². The standard InChI is InChI=1S/C23H20F9NO2/c24-21(25,26)15-5-6-17(22(27,28)29)14(11-15)12-33-8-7-13(10-20(34)35)9-19(33)16-3-1-2-4-18(16)23(30,31)32/h1-6,11,13,19H,7-10,12H2,(H,34,35)/t13-,19+/m1/s1. The highest BCUT2D eigenvalue weighted by Gasteiger charge is 2.41. The smallest absolute Gasteiger partial charge is 0.416 e. The van der Waals surface area contributed by atoms with Gasteiger partial charge in [0.2, 0.25) is 0 Å². The number of halogens is 9. The van der Waals surface area contributed by atoms with Crippen molar-refractivity contribution in [3.05, 3.63) is 70.3 Å². The van der Waals surface area contributed by atoms with E-state index >= 15 is 0 Å². The summed E-state index contributed by atoms with van der Waals surface area (Å²) in [4.78, 5) is 12.4. The number of carboxylic acids is 1. The fourth-order valence-corrected chi connectivity index (χ4v) is 4.47. The number of hydrogen-bond acceptors (Lipinski definition) is 2. The summed E-state index contributed by atoms with van der Waals surface area (Å²) < 4.78 is 121. The van der Waals surface area contributed by atoms with Crippen LogP contribution in [0.2, 0.25) is 0 Å². The Bertz CT molecular complexity index is 1060. The van der Waals surface area contributed by atoms with Gasteiger partial charge in [-0.05, 0) is 60.7 Å². The Balaban J connectivity index is 2.07. The van der Waals surface area contributed by atoms with Gasteiger partial charge in [-0.25, -0.2) is 0 Å². The summed E-state index contributed by atoms with van der Waals surface area (Å²) in [7, 11) is 0. The summed E-state index contributed by atoms with van der Waals surface area (Å²) in [6.45, 7) is -0.794. The maximum atomic E-state index is 13.7. The van der Waals surface area contributed by atoms with Crippen molar-refractivity contribution in [1.29, 1.82) is 0 Å². The Morgan fingerprint density at radius 2 is 1.51 bits per heavy atom. The Morgan fingerprint density at radius 3 is 2.09 bits per heavy atom. The zero-order valence-corrected chi connectivity index (χ0v) is 17.9. The molecule has 0 aliphatic carbocycles. The molecule has 0 aromatic heterocycles. The first-order valence-corrected chi connectivity index (χ1v) is 10.5. The summed E-state index contributed by atoms with van der Waals surface area (Å²) in [6, 6.07) is 4.24. The molecule has 0 amide bonds. The number of likely N-dealkylation sites (tertiary alicyclic amines) is 1. The molecule has 35 heavy (non-hydrogen) atoms. The summed E-state index contributed by atoms with van der Waals surface area (Å²) in [5, 5.41) is 9.12. The molecule has 1 heterocycles. The van der Waals surface area contributed by atoms with Gasteiger partial charge in [0.05, 0.1) is 16.7 Å². The molecule has 2 aromatic rings. The topological polar surface area (TPSA) is 40.5 Å². The van der Waals surface area contributed by atoms with E-state index in [-0.39, 0.29) is 31.4 Å². The highest BCUT2D eigenvalue weighted by atomic mass is 19.4.